The van der Waals surface area contributed by atoms with Crippen molar-refractivity contribution in [2.75, 3.05) is 6.54 Å². The Morgan fingerprint density at radius 3 is 2.27 bits per heavy atom. The number of hydrogen-bond acceptors (Lipinski definition) is 3. The molecule has 2 amide bonds. The quantitative estimate of drug-likeness (QED) is 0.718. The molecular formula is C17H27N3O2. The Kier molecular flexibility index (Phi) is 6.56. The molecule has 0 heterocycles. The molecule has 0 spiro atoms. The van der Waals surface area contributed by atoms with E-state index in [0.717, 1.165) is 12.0 Å². The van der Waals surface area contributed by atoms with Crippen LogP contribution in [0.2, 0.25) is 0 Å². The average molecular weight is 305 g/mol. The van der Waals surface area contributed by atoms with Gasteiger partial charge in [0.05, 0.1) is 0 Å². The van der Waals surface area contributed by atoms with Crippen LogP contribution in [-0.4, -0.2) is 23.9 Å². The van der Waals surface area contributed by atoms with Gasteiger partial charge in [0, 0.05) is 31.1 Å². The smallest absolute Gasteiger partial charge is 0.251 e. The number of nitrogens with two attached hydrogens (primary N) is 1. The van der Waals surface area contributed by atoms with E-state index in [4.69, 9.17) is 5.73 Å². The van der Waals surface area contributed by atoms with Gasteiger partial charge in [0.15, 0.2) is 0 Å². The highest BCUT2D eigenvalue weighted by molar-refractivity contribution is 5.94. The molecule has 1 rings (SSSR count). The first-order chi connectivity index (χ1) is 10.3. The van der Waals surface area contributed by atoms with Crippen molar-refractivity contribution in [2.24, 2.45) is 11.7 Å². The molecule has 0 aliphatic carbocycles. The highest BCUT2D eigenvalue weighted by atomic mass is 16.2. The molecule has 0 aromatic heterocycles. The molecule has 4 N–H and O–H groups in total. The van der Waals surface area contributed by atoms with Crippen LogP contribution >= 0.6 is 0 Å². The summed E-state index contributed by atoms with van der Waals surface area (Å²) in [5.41, 5.74) is 6.96. The SMILES string of the molecule is CC(=O)NCc1ccc(C(=O)NC(C)(CN)CC(C)C)cc1. The summed E-state index contributed by atoms with van der Waals surface area (Å²) in [7, 11) is 0. The van der Waals surface area contributed by atoms with E-state index in [1.165, 1.54) is 6.92 Å². The Morgan fingerprint density at radius 1 is 1.23 bits per heavy atom. The lowest BCUT2D eigenvalue weighted by atomic mass is 9.90. The van der Waals surface area contributed by atoms with E-state index in [9.17, 15) is 9.59 Å². The van der Waals surface area contributed by atoms with Crippen LogP contribution in [0.25, 0.3) is 0 Å². The lowest BCUT2D eigenvalue weighted by Gasteiger charge is -2.31. The van der Waals surface area contributed by atoms with Gasteiger partial charge in [-0.05, 0) is 37.0 Å². The van der Waals surface area contributed by atoms with Crippen molar-refractivity contribution < 1.29 is 9.59 Å². The van der Waals surface area contributed by atoms with Crippen molar-refractivity contribution in [3.05, 3.63) is 35.4 Å². The normalized spacial score (nSPS) is 13.5. The summed E-state index contributed by atoms with van der Waals surface area (Å²) in [6, 6.07) is 7.21. The molecule has 1 unspecified atom stereocenters. The lowest BCUT2D eigenvalue weighted by molar-refractivity contribution is -0.119. The van der Waals surface area contributed by atoms with E-state index in [2.05, 4.69) is 24.5 Å². The fourth-order valence-electron chi connectivity index (χ4n) is 2.43. The van der Waals surface area contributed by atoms with Crippen LogP contribution in [-0.2, 0) is 11.3 Å². The summed E-state index contributed by atoms with van der Waals surface area (Å²) >= 11 is 0. The van der Waals surface area contributed by atoms with Crippen molar-refractivity contribution >= 4 is 11.8 Å². The Hall–Kier alpha value is -1.88. The Morgan fingerprint density at radius 2 is 1.82 bits per heavy atom. The Balaban J connectivity index is 2.70. The van der Waals surface area contributed by atoms with Crippen molar-refractivity contribution in [1.29, 1.82) is 0 Å². The molecule has 0 radical (unpaired) electrons. The number of amides is 2. The van der Waals surface area contributed by atoms with E-state index in [1.54, 1.807) is 12.1 Å². The molecule has 122 valence electrons. The minimum absolute atomic E-state index is 0.0748. The number of hydrogen-bond donors (Lipinski definition) is 3. The van der Waals surface area contributed by atoms with Gasteiger partial charge in [-0.3, -0.25) is 9.59 Å². The maximum absolute atomic E-state index is 12.3. The average Bonchev–Trinajstić information content (AvgIpc) is 2.44. The molecule has 0 saturated carbocycles. The van der Waals surface area contributed by atoms with Crippen LogP contribution < -0.4 is 16.4 Å². The third-order valence-electron chi connectivity index (χ3n) is 3.48. The molecule has 5 nitrogen and oxygen atoms in total. The predicted octanol–water partition coefficient (Wildman–Crippen LogP) is 1.82. The van der Waals surface area contributed by atoms with Gasteiger partial charge in [-0.25, -0.2) is 0 Å². The molecule has 22 heavy (non-hydrogen) atoms. The standard InChI is InChI=1S/C17H27N3O2/c1-12(2)9-17(4,11-18)20-16(22)15-7-5-14(6-8-15)10-19-13(3)21/h5-8,12H,9-11,18H2,1-4H3,(H,19,21)(H,20,22). The van der Waals surface area contributed by atoms with Gasteiger partial charge in [-0.2, -0.15) is 0 Å². The number of benzene rings is 1. The van der Waals surface area contributed by atoms with Crippen LogP contribution in [0.15, 0.2) is 24.3 Å². The molecule has 0 fully saturated rings. The van der Waals surface area contributed by atoms with E-state index in [1.807, 2.05) is 19.1 Å². The molecule has 1 atom stereocenters. The fraction of sp³-hybridized carbons (Fsp3) is 0.529. The van der Waals surface area contributed by atoms with Crippen LogP contribution in [0.5, 0.6) is 0 Å². The first-order valence-corrected chi connectivity index (χ1v) is 7.62. The van der Waals surface area contributed by atoms with Gasteiger partial charge in [0.1, 0.15) is 0 Å². The van der Waals surface area contributed by atoms with Crippen LogP contribution in [0.3, 0.4) is 0 Å². The Bertz CT molecular complexity index is 511. The molecule has 0 bridgehead atoms. The summed E-state index contributed by atoms with van der Waals surface area (Å²) in [4.78, 5) is 23.2. The van der Waals surface area contributed by atoms with Crippen molar-refractivity contribution in [2.45, 2.75) is 46.2 Å². The zero-order valence-corrected chi connectivity index (χ0v) is 13.9. The first kappa shape index (κ1) is 18.2. The molecular weight excluding hydrogens is 278 g/mol. The van der Waals surface area contributed by atoms with Gasteiger partial charge in [0.25, 0.3) is 5.91 Å². The minimum atomic E-state index is -0.403. The topological polar surface area (TPSA) is 84.2 Å². The molecule has 0 saturated heterocycles. The van der Waals surface area contributed by atoms with Crippen LogP contribution in [0, 0.1) is 5.92 Å². The third-order valence-corrected chi connectivity index (χ3v) is 3.48. The summed E-state index contributed by atoms with van der Waals surface area (Å²) in [6.07, 6.45) is 0.829. The monoisotopic (exact) mass is 305 g/mol. The van der Waals surface area contributed by atoms with Gasteiger partial charge >= 0.3 is 0 Å². The summed E-state index contributed by atoms with van der Waals surface area (Å²) in [5, 5.41) is 5.75. The largest absolute Gasteiger partial charge is 0.352 e. The van der Waals surface area contributed by atoms with E-state index in [0.29, 0.717) is 24.6 Å². The number of carbonyl (C=O) groups is 2. The molecule has 0 aliphatic rings. The second kappa shape index (κ2) is 7.94. The minimum Gasteiger partial charge on any atom is -0.352 e. The summed E-state index contributed by atoms with van der Waals surface area (Å²) < 4.78 is 0. The second-order valence-electron chi connectivity index (χ2n) is 6.42. The zero-order chi connectivity index (χ0) is 16.8. The second-order valence-corrected chi connectivity index (χ2v) is 6.42. The van der Waals surface area contributed by atoms with Crippen molar-refractivity contribution in [1.82, 2.24) is 10.6 Å². The van der Waals surface area contributed by atoms with Crippen molar-refractivity contribution in [3.63, 3.8) is 0 Å². The van der Waals surface area contributed by atoms with Gasteiger partial charge < -0.3 is 16.4 Å². The number of carbonyl (C=O) groups excluding carboxylic acids is 2. The predicted molar refractivity (Wildman–Crippen MR) is 88.3 cm³/mol. The molecule has 1 aromatic carbocycles. The molecule has 1 aromatic rings. The van der Waals surface area contributed by atoms with Crippen LogP contribution in [0.1, 0.15) is 50.0 Å². The van der Waals surface area contributed by atoms with E-state index in [-0.39, 0.29) is 11.8 Å². The van der Waals surface area contributed by atoms with Crippen LogP contribution in [0.4, 0.5) is 0 Å². The highest BCUT2D eigenvalue weighted by Crippen LogP contribution is 2.16. The van der Waals surface area contributed by atoms with Crippen molar-refractivity contribution in [3.8, 4) is 0 Å². The maximum atomic E-state index is 12.3. The fourth-order valence-corrected chi connectivity index (χ4v) is 2.43. The Labute approximate surface area is 132 Å². The summed E-state index contributed by atoms with van der Waals surface area (Å²) in [6.45, 7) is 8.52. The van der Waals surface area contributed by atoms with E-state index >= 15 is 0 Å². The van der Waals surface area contributed by atoms with Gasteiger partial charge in [-0.15, -0.1) is 0 Å². The number of rotatable bonds is 7. The first-order valence-electron chi connectivity index (χ1n) is 7.62. The third kappa shape index (κ3) is 5.85. The summed E-state index contributed by atoms with van der Waals surface area (Å²) in [5.74, 6) is 0.253. The lowest BCUT2D eigenvalue weighted by Crippen LogP contribution is -2.52. The van der Waals surface area contributed by atoms with E-state index < -0.39 is 5.54 Å². The zero-order valence-electron chi connectivity index (χ0n) is 13.9. The molecule has 0 aliphatic heterocycles. The highest BCUT2D eigenvalue weighted by Gasteiger charge is 2.26. The molecule has 5 heteroatoms. The van der Waals surface area contributed by atoms with Gasteiger partial charge in [0.2, 0.25) is 5.91 Å². The maximum Gasteiger partial charge on any atom is 0.251 e. The number of nitrogens with one attached hydrogen (secondary N) is 2. The van der Waals surface area contributed by atoms with Gasteiger partial charge in [-0.1, -0.05) is 26.0 Å².